The number of benzene rings is 1. The predicted molar refractivity (Wildman–Crippen MR) is 83.0 cm³/mol. The number of amides is 1. The Kier molecular flexibility index (Phi) is 5.82. The first-order valence-corrected chi connectivity index (χ1v) is 7.91. The highest BCUT2D eigenvalue weighted by molar-refractivity contribution is 5.99. The van der Waals surface area contributed by atoms with Crippen LogP contribution >= 0.6 is 0 Å². The Balaban J connectivity index is 2.22. The molecule has 0 spiro atoms. The van der Waals surface area contributed by atoms with Gasteiger partial charge in [-0.15, -0.1) is 0 Å². The number of hydrogen-bond donors (Lipinski definition) is 2. The molecule has 0 bridgehead atoms. The zero-order valence-electron chi connectivity index (χ0n) is 14.1. The standard InChI is InChI=1S/C17H14F6N2O3/c18-16(19,20)6-1-7-28-11-4-2-10(3-5-11)15(17(21,22)23)8-13(26)12(9-24)14(27)25-15/h2-5,26H,1,6-8H2,(H,25,27). The third-order valence-electron chi connectivity index (χ3n) is 4.09. The molecule has 1 unspecified atom stereocenters. The number of aliphatic hydroxyl groups is 1. The van der Waals surface area contributed by atoms with Crippen molar-refractivity contribution in [2.24, 2.45) is 0 Å². The minimum Gasteiger partial charge on any atom is -0.511 e. The lowest BCUT2D eigenvalue weighted by Gasteiger charge is -2.39. The third-order valence-corrected chi connectivity index (χ3v) is 4.09. The van der Waals surface area contributed by atoms with Gasteiger partial charge in [0.1, 0.15) is 17.6 Å². The molecule has 0 aliphatic carbocycles. The van der Waals surface area contributed by atoms with Crippen LogP contribution in [0.15, 0.2) is 35.6 Å². The number of halogens is 6. The lowest BCUT2D eigenvalue weighted by molar-refractivity contribution is -0.205. The largest absolute Gasteiger partial charge is 0.511 e. The maximum absolute atomic E-state index is 13.8. The van der Waals surface area contributed by atoms with E-state index in [0.717, 1.165) is 24.3 Å². The summed E-state index contributed by atoms with van der Waals surface area (Å²) in [4.78, 5) is 11.8. The first-order valence-electron chi connectivity index (χ1n) is 7.91. The number of carbonyl (C=O) groups excluding carboxylic acids is 1. The number of alkyl halides is 6. The molecule has 0 saturated carbocycles. The van der Waals surface area contributed by atoms with Gasteiger partial charge in [-0.1, -0.05) is 12.1 Å². The molecule has 1 aromatic carbocycles. The quantitative estimate of drug-likeness (QED) is 0.570. The van der Waals surface area contributed by atoms with Crippen molar-refractivity contribution < 1.29 is 41.0 Å². The zero-order valence-corrected chi connectivity index (χ0v) is 14.1. The number of nitrogens with zero attached hydrogens (tertiary/aromatic N) is 1. The summed E-state index contributed by atoms with van der Waals surface area (Å²) < 4.78 is 82.5. The molecule has 0 aromatic heterocycles. The number of nitrogens with one attached hydrogen (secondary N) is 1. The predicted octanol–water partition coefficient (Wildman–Crippen LogP) is 4.02. The first-order chi connectivity index (χ1) is 12.9. The van der Waals surface area contributed by atoms with E-state index in [-0.39, 0.29) is 18.8 Å². The van der Waals surface area contributed by atoms with Crippen LogP contribution < -0.4 is 10.1 Å². The Morgan fingerprint density at radius 2 is 1.79 bits per heavy atom. The fourth-order valence-electron chi connectivity index (χ4n) is 2.69. The summed E-state index contributed by atoms with van der Waals surface area (Å²) in [5.74, 6) is -2.31. The molecule has 28 heavy (non-hydrogen) atoms. The third kappa shape index (κ3) is 4.49. The molecule has 1 amide bonds. The van der Waals surface area contributed by atoms with Crippen LogP contribution in [-0.4, -0.2) is 30.0 Å². The van der Waals surface area contributed by atoms with Crippen LogP contribution in [0.4, 0.5) is 26.3 Å². The average Bonchev–Trinajstić information content (AvgIpc) is 2.57. The van der Waals surface area contributed by atoms with Crippen molar-refractivity contribution in [3.63, 3.8) is 0 Å². The minimum absolute atomic E-state index is 0.0443. The maximum Gasteiger partial charge on any atom is 0.416 e. The lowest BCUT2D eigenvalue weighted by atomic mass is 9.81. The number of carbonyl (C=O) groups is 1. The van der Waals surface area contributed by atoms with E-state index in [0.29, 0.717) is 0 Å². The second-order valence-electron chi connectivity index (χ2n) is 6.06. The van der Waals surface area contributed by atoms with E-state index >= 15 is 0 Å². The van der Waals surface area contributed by atoms with Crippen LogP contribution in [0.1, 0.15) is 24.8 Å². The van der Waals surface area contributed by atoms with Crippen molar-refractivity contribution in [2.75, 3.05) is 6.61 Å². The van der Waals surface area contributed by atoms with Gasteiger partial charge < -0.3 is 15.2 Å². The van der Waals surface area contributed by atoms with Crippen molar-refractivity contribution in [3.05, 3.63) is 41.2 Å². The van der Waals surface area contributed by atoms with Crippen LogP contribution in [0.2, 0.25) is 0 Å². The Morgan fingerprint density at radius 1 is 1.18 bits per heavy atom. The number of nitriles is 1. The first kappa shape index (κ1) is 21.4. The van der Waals surface area contributed by atoms with E-state index in [1.54, 1.807) is 5.32 Å². The van der Waals surface area contributed by atoms with E-state index < -0.39 is 53.5 Å². The fraction of sp³-hybridized carbons (Fsp3) is 0.412. The molecule has 2 rings (SSSR count). The van der Waals surface area contributed by atoms with E-state index in [1.807, 2.05) is 0 Å². The Bertz CT molecular complexity index is 808. The molecule has 0 fully saturated rings. The Hall–Kier alpha value is -2.90. The molecule has 152 valence electrons. The van der Waals surface area contributed by atoms with E-state index in [2.05, 4.69) is 0 Å². The van der Waals surface area contributed by atoms with Crippen LogP contribution in [0.5, 0.6) is 5.75 Å². The van der Waals surface area contributed by atoms with Crippen molar-refractivity contribution in [1.29, 1.82) is 5.26 Å². The smallest absolute Gasteiger partial charge is 0.416 e. The van der Waals surface area contributed by atoms with Crippen molar-refractivity contribution in [2.45, 2.75) is 37.2 Å². The molecule has 1 atom stereocenters. The highest BCUT2D eigenvalue weighted by Crippen LogP contribution is 2.45. The SMILES string of the molecule is N#CC1=C(O)CC(c2ccc(OCCCC(F)(F)F)cc2)(C(F)(F)F)NC1=O. The summed E-state index contributed by atoms with van der Waals surface area (Å²) in [5, 5.41) is 20.2. The molecule has 2 N–H and O–H groups in total. The number of hydrogen-bond acceptors (Lipinski definition) is 4. The summed E-state index contributed by atoms with van der Waals surface area (Å²) in [6.07, 6.45) is -11.8. The van der Waals surface area contributed by atoms with Gasteiger partial charge in [0, 0.05) is 12.8 Å². The summed E-state index contributed by atoms with van der Waals surface area (Å²) in [6.45, 7) is -0.283. The number of ether oxygens (including phenoxy) is 1. The molecule has 5 nitrogen and oxygen atoms in total. The molecule has 1 aliphatic rings. The summed E-state index contributed by atoms with van der Waals surface area (Å²) in [7, 11) is 0. The summed E-state index contributed by atoms with van der Waals surface area (Å²) >= 11 is 0. The zero-order chi connectivity index (χ0) is 21.2. The van der Waals surface area contributed by atoms with Crippen molar-refractivity contribution >= 4 is 5.91 Å². The molecule has 1 aliphatic heterocycles. The van der Waals surface area contributed by atoms with E-state index in [9.17, 15) is 36.2 Å². The van der Waals surface area contributed by atoms with Crippen LogP contribution in [0.3, 0.4) is 0 Å². The summed E-state index contributed by atoms with van der Waals surface area (Å²) in [6, 6.07) is 5.54. The van der Waals surface area contributed by atoms with Gasteiger partial charge in [0.05, 0.1) is 6.61 Å². The van der Waals surface area contributed by atoms with E-state index in [1.165, 1.54) is 6.07 Å². The molecular formula is C17H14F6N2O3. The normalized spacial score (nSPS) is 20.5. The minimum atomic E-state index is -5.01. The Morgan fingerprint density at radius 3 is 2.25 bits per heavy atom. The van der Waals surface area contributed by atoms with Gasteiger partial charge in [0.15, 0.2) is 11.1 Å². The number of aliphatic hydroxyl groups excluding tert-OH is 1. The van der Waals surface area contributed by atoms with Crippen LogP contribution in [0, 0.1) is 11.3 Å². The van der Waals surface area contributed by atoms with Gasteiger partial charge in [-0.05, 0) is 24.1 Å². The highest BCUT2D eigenvalue weighted by Gasteiger charge is 2.59. The topological polar surface area (TPSA) is 82.3 Å². The highest BCUT2D eigenvalue weighted by atomic mass is 19.4. The lowest BCUT2D eigenvalue weighted by Crippen LogP contribution is -2.58. The van der Waals surface area contributed by atoms with Gasteiger partial charge in [-0.2, -0.15) is 31.6 Å². The maximum atomic E-state index is 13.8. The Labute approximate surface area is 155 Å². The van der Waals surface area contributed by atoms with Gasteiger partial charge in [0.25, 0.3) is 5.91 Å². The molecule has 1 aromatic rings. The van der Waals surface area contributed by atoms with Crippen molar-refractivity contribution in [3.8, 4) is 11.8 Å². The monoisotopic (exact) mass is 408 g/mol. The number of rotatable bonds is 5. The molecule has 1 heterocycles. The molecule has 11 heteroatoms. The van der Waals surface area contributed by atoms with E-state index in [4.69, 9.17) is 10.00 Å². The van der Waals surface area contributed by atoms with Crippen LogP contribution in [-0.2, 0) is 10.3 Å². The van der Waals surface area contributed by atoms with Gasteiger partial charge in [-0.25, -0.2) is 0 Å². The second kappa shape index (κ2) is 7.61. The molecular weight excluding hydrogens is 394 g/mol. The fourth-order valence-corrected chi connectivity index (χ4v) is 2.69. The molecule has 0 radical (unpaired) electrons. The van der Waals surface area contributed by atoms with Crippen LogP contribution in [0.25, 0.3) is 0 Å². The van der Waals surface area contributed by atoms with Gasteiger partial charge >= 0.3 is 12.4 Å². The van der Waals surface area contributed by atoms with Gasteiger partial charge in [0.2, 0.25) is 0 Å². The molecule has 0 saturated heterocycles. The summed E-state index contributed by atoms with van der Waals surface area (Å²) in [5.41, 5.74) is -4.19. The van der Waals surface area contributed by atoms with Gasteiger partial charge in [-0.3, -0.25) is 4.79 Å². The average molecular weight is 408 g/mol. The second-order valence-corrected chi connectivity index (χ2v) is 6.06. The van der Waals surface area contributed by atoms with Crippen molar-refractivity contribution in [1.82, 2.24) is 5.32 Å².